The third-order valence-corrected chi connectivity index (χ3v) is 4.37. The van der Waals surface area contributed by atoms with Crippen molar-refractivity contribution in [2.45, 2.75) is 26.2 Å². The predicted octanol–water partition coefficient (Wildman–Crippen LogP) is 4.83. The van der Waals surface area contributed by atoms with Gasteiger partial charge in [0.15, 0.2) is 0 Å². The zero-order valence-electron chi connectivity index (χ0n) is 10.1. The van der Waals surface area contributed by atoms with Gasteiger partial charge in [0.05, 0.1) is 9.90 Å². The summed E-state index contributed by atoms with van der Waals surface area (Å²) in [7, 11) is 0. The minimum atomic E-state index is -0.168. The van der Waals surface area contributed by atoms with Gasteiger partial charge in [0.1, 0.15) is 4.34 Å². The molecule has 0 aromatic carbocycles. The molecule has 1 heterocycles. The van der Waals surface area contributed by atoms with E-state index in [0.717, 1.165) is 19.3 Å². The van der Waals surface area contributed by atoms with Gasteiger partial charge in [-0.15, -0.1) is 22.9 Å². The average molecular weight is 329 g/mol. The maximum Gasteiger partial charge on any atom is 0.253 e. The number of alkyl halides is 1. The molecule has 1 N–H and O–H groups in total. The van der Waals surface area contributed by atoms with Crippen molar-refractivity contribution in [1.29, 1.82) is 0 Å². The largest absolute Gasteiger partial charge is 0.352 e. The van der Waals surface area contributed by atoms with E-state index in [0.29, 0.717) is 32.6 Å². The van der Waals surface area contributed by atoms with Crippen LogP contribution in [0.4, 0.5) is 0 Å². The van der Waals surface area contributed by atoms with Crippen molar-refractivity contribution >= 4 is 52.0 Å². The van der Waals surface area contributed by atoms with Gasteiger partial charge in [0.25, 0.3) is 5.91 Å². The molecule has 0 saturated carbocycles. The van der Waals surface area contributed by atoms with Crippen molar-refractivity contribution in [3.8, 4) is 0 Å². The number of carbonyl (C=O) groups is 1. The van der Waals surface area contributed by atoms with E-state index >= 15 is 0 Å². The lowest BCUT2D eigenvalue weighted by Gasteiger charge is -2.15. The third kappa shape index (κ3) is 4.96. The summed E-state index contributed by atoms with van der Waals surface area (Å²) >= 11 is 18.7. The fraction of sp³-hybridized carbons (Fsp3) is 0.583. The molecule has 1 atom stereocenters. The molecule has 0 aliphatic rings. The molecule has 0 bridgehead atoms. The van der Waals surface area contributed by atoms with Crippen LogP contribution in [0.3, 0.4) is 0 Å². The maximum atomic E-state index is 11.9. The Morgan fingerprint density at radius 1 is 1.44 bits per heavy atom. The molecule has 2 nitrogen and oxygen atoms in total. The fourth-order valence-electron chi connectivity index (χ4n) is 1.74. The van der Waals surface area contributed by atoms with E-state index in [-0.39, 0.29) is 5.91 Å². The SMILES string of the molecule is CCCC(CCCl)CNC(=O)c1cc(Cl)sc1Cl. The van der Waals surface area contributed by atoms with Gasteiger partial charge in [-0.3, -0.25) is 4.79 Å². The molecule has 0 radical (unpaired) electrons. The van der Waals surface area contributed by atoms with Crippen molar-refractivity contribution in [3.05, 3.63) is 20.3 Å². The zero-order chi connectivity index (χ0) is 13.5. The van der Waals surface area contributed by atoms with Gasteiger partial charge in [-0.25, -0.2) is 0 Å². The number of rotatable bonds is 7. The molecule has 1 aromatic rings. The molecule has 18 heavy (non-hydrogen) atoms. The van der Waals surface area contributed by atoms with Crippen LogP contribution in [-0.2, 0) is 0 Å². The van der Waals surface area contributed by atoms with Crippen LogP contribution >= 0.6 is 46.1 Å². The number of hydrogen-bond acceptors (Lipinski definition) is 2. The molecule has 0 saturated heterocycles. The van der Waals surface area contributed by atoms with E-state index in [4.69, 9.17) is 34.8 Å². The number of carbonyl (C=O) groups excluding carboxylic acids is 1. The molecular weight excluding hydrogens is 313 g/mol. The molecule has 1 rings (SSSR count). The van der Waals surface area contributed by atoms with Crippen molar-refractivity contribution in [3.63, 3.8) is 0 Å². The number of nitrogens with one attached hydrogen (secondary N) is 1. The third-order valence-electron chi connectivity index (χ3n) is 2.67. The Kier molecular flexibility index (Phi) is 7.38. The number of thiophene rings is 1. The average Bonchev–Trinajstić information content (AvgIpc) is 2.65. The van der Waals surface area contributed by atoms with E-state index in [1.54, 1.807) is 6.07 Å². The van der Waals surface area contributed by atoms with E-state index in [9.17, 15) is 4.79 Å². The topological polar surface area (TPSA) is 29.1 Å². The quantitative estimate of drug-likeness (QED) is 0.714. The van der Waals surface area contributed by atoms with E-state index in [1.165, 1.54) is 11.3 Å². The first kappa shape index (κ1) is 16.1. The first-order chi connectivity index (χ1) is 8.58. The second-order valence-electron chi connectivity index (χ2n) is 4.08. The van der Waals surface area contributed by atoms with E-state index in [1.807, 2.05) is 0 Å². The molecule has 6 heteroatoms. The molecule has 1 amide bonds. The molecular formula is C12H16Cl3NOS. The standard InChI is InChI=1S/C12H16Cl3NOS/c1-2-3-8(4-5-13)7-16-12(17)9-6-10(14)18-11(9)15/h6,8H,2-5,7H2,1H3,(H,16,17). The molecule has 102 valence electrons. The van der Waals surface area contributed by atoms with Gasteiger partial charge in [-0.1, -0.05) is 36.5 Å². The highest BCUT2D eigenvalue weighted by Gasteiger charge is 2.15. The minimum absolute atomic E-state index is 0.168. The summed E-state index contributed by atoms with van der Waals surface area (Å²) in [5.41, 5.74) is 0.452. The van der Waals surface area contributed by atoms with Crippen LogP contribution in [0.15, 0.2) is 6.07 Å². The summed E-state index contributed by atoms with van der Waals surface area (Å²) in [4.78, 5) is 11.9. The van der Waals surface area contributed by atoms with Gasteiger partial charge in [0.2, 0.25) is 0 Å². The summed E-state index contributed by atoms with van der Waals surface area (Å²) in [6, 6.07) is 1.60. The van der Waals surface area contributed by atoms with Crippen LogP contribution in [0, 0.1) is 5.92 Å². The first-order valence-electron chi connectivity index (χ1n) is 5.87. The minimum Gasteiger partial charge on any atom is -0.352 e. The lowest BCUT2D eigenvalue weighted by Crippen LogP contribution is -2.29. The molecule has 1 unspecified atom stereocenters. The summed E-state index contributed by atoms with van der Waals surface area (Å²) < 4.78 is 0.956. The predicted molar refractivity (Wildman–Crippen MR) is 80.4 cm³/mol. The lowest BCUT2D eigenvalue weighted by molar-refractivity contribution is 0.0946. The van der Waals surface area contributed by atoms with Gasteiger partial charge < -0.3 is 5.32 Å². The highest BCUT2D eigenvalue weighted by atomic mass is 35.5. The zero-order valence-corrected chi connectivity index (χ0v) is 13.2. The van der Waals surface area contributed by atoms with Crippen LogP contribution < -0.4 is 5.32 Å². The normalized spacial score (nSPS) is 12.4. The smallest absolute Gasteiger partial charge is 0.253 e. The second kappa shape index (κ2) is 8.26. The van der Waals surface area contributed by atoms with Crippen LogP contribution in [0.25, 0.3) is 0 Å². The van der Waals surface area contributed by atoms with Gasteiger partial charge in [-0.05, 0) is 24.8 Å². The Bertz CT molecular complexity index is 389. The monoisotopic (exact) mass is 327 g/mol. The molecule has 0 spiro atoms. The van der Waals surface area contributed by atoms with E-state index in [2.05, 4.69) is 12.2 Å². The summed E-state index contributed by atoms with van der Waals surface area (Å²) in [6.45, 7) is 2.75. The van der Waals surface area contributed by atoms with Crippen molar-refractivity contribution in [2.24, 2.45) is 5.92 Å². The maximum absolute atomic E-state index is 11.9. The Balaban J connectivity index is 2.51. The van der Waals surface area contributed by atoms with Gasteiger partial charge in [0, 0.05) is 12.4 Å². The Hall–Kier alpha value is 0.0400. The van der Waals surface area contributed by atoms with Crippen molar-refractivity contribution in [2.75, 3.05) is 12.4 Å². The number of hydrogen-bond donors (Lipinski definition) is 1. The summed E-state index contributed by atoms with van der Waals surface area (Å²) in [5, 5.41) is 2.89. The summed E-state index contributed by atoms with van der Waals surface area (Å²) in [6.07, 6.45) is 3.06. The molecule has 0 aliphatic heterocycles. The van der Waals surface area contributed by atoms with Crippen LogP contribution in [-0.4, -0.2) is 18.3 Å². The van der Waals surface area contributed by atoms with E-state index < -0.39 is 0 Å². The molecule has 0 fully saturated rings. The molecule has 1 aromatic heterocycles. The van der Waals surface area contributed by atoms with Crippen molar-refractivity contribution in [1.82, 2.24) is 5.32 Å². The fourth-order valence-corrected chi connectivity index (χ4v) is 3.51. The first-order valence-corrected chi connectivity index (χ1v) is 7.98. The Morgan fingerprint density at radius 3 is 2.67 bits per heavy atom. The van der Waals surface area contributed by atoms with Crippen molar-refractivity contribution < 1.29 is 4.79 Å². The Morgan fingerprint density at radius 2 is 2.17 bits per heavy atom. The van der Waals surface area contributed by atoms with Crippen LogP contribution in [0.2, 0.25) is 8.67 Å². The molecule has 0 aliphatic carbocycles. The second-order valence-corrected chi connectivity index (χ2v) is 6.74. The summed E-state index contributed by atoms with van der Waals surface area (Å²) in [5.74, 6) is 0.870. The highest BCUT2D eigenvalue weighted by Crippen LogP contribution is 2.31. The van der Waals surface area contributed by atoms with Crippen LogP contribution in [0.1, 0.15) is 36.5 Å². The van der Waals surface area contributed by atoms with Gasteiger partial charge in [-0.2, -0.15) is 0 Å². The number of amides is 1. The van der Waals surface area contributed by atoms with Crippen LogP contribution in [0.5, 0.6) is 0 Å². The highest BCUT2D eigenvalue weighted by molar-refractivity contribution is 7.20. The number of halogens is 3. The lowest BCUT2D eigenvalue weighted by atomic mass is 10.0. The van der Waals surface area contributed by atoms with Gasteiger partial charge >= 0.3 is 0 Å². The Labute approximate surface area is 127 Å².